The molecule has 1 aliphatic heterocycles. The minimum atomic E-state index is -4.41. The van der Waals surface area contributed by atoms with Gasteiger partial charge in [-0.3, -0.25) is 14.7 Å². The molecule has 162 valence electrons. The lowest BCUT2D eigenvalue weighted by molar-refractivity contribution is -0.157. The van der Waals surface area contributed by atoms with Crippen molar-refractivity contribution in [1.82, 2.24) is 20.0 Å². The van der Waals surface area contributed by atoms with E-state index in [1.807, 2.05) is 23.1 Å². The number of amides is 1. The Balaban J connectivity index is 1.86. The van der Waals surface area contributed by atoms with Crippen LogP contribution in [0.1, 0.15) is 24.9 Å². The second-order valence-corrected chi connectivity index (χ2v) is 7.12. The van der Waals surface area contributed by atoms with Gasteiger partial charge in [0, 0.05) is 46.3 Å². The summed E-state index contributed by atoms with van der Waals surface area (Å²) in [5.41, 5.74) is 1.30. The molecule has 1 atom stereocenters. The smallest absolute Gasteiger partial charge is 0.347 e. The number of nitrogens with zero attached hydrogens (tertiary/aromatic N) is 4. The molecule has 0 radical (unpaired) electrons. The Labute approximate surface area is 170 Å². The summed E-state index contributed by atoms with van der Waals surface area (Å²) in [5, 5.41) is 2.89. The van der Waals surface area contributed by atoms with Gasteiger partial charge in [0.25, 0.3) is 0 Å². The minimum absolute atomic E-state index is 0.221. The molecule has 2 rings (SSSR count). The summed E-state index contributed by atoms with van der Waals surface area (Å²) in [6.07, 6.45) is -3.39. The number of guanidine groups is 1. The summed E-state index contributed by atoms with van der Waals surface area (Å²) in [4.78, 5) is 21.3. The average Bonchev–Trinajstić information content (AvgIpc) is 2.69. The Morgan fingerprint density at radius 1 is 1.21 bits per heavy atom. The fourth-order valence-corrected chi connectivity index (χ4v) is 3.60. The minimum Gasteiger partial charge on any atom is -0.347 e. The zero-order valence-corrected chi connectivity index (χ0v) is 17.2. The lowest BCUT2D eigenvalue weighted by Crippen LogP contribution is -2.54. The van der Waals surface area contributed by atoms with Crippen molar-refractivity contribution in [2.75, 3.05) is 53.4 Å². The number of nitrogens with one attached hydrogen (secondary N) is 1. The molecule has 1 aliphatic rings. The highest BCUT2D eigenvalue weighted by atomic mass is 19.4. The van der Waals surface area contributed by atoms with Crippen molar-refractivity contribution in [3.8, 4) is 0 Å². The monoisotopic (exact) mass is 413 g/mol. The number of carbonyl (C=O) groups is 1. The lowest BCUT2D eigenvalue weighted by atomic mass is 10.0. The number of carbonyl (C=O) groups excluding carboxylic acids is 1. The van der Waals surface area contributed by atoms with E-state index in [0.717, 1.165) is 39.6 Å². The molecule has 9 heteroatoms. The molecule has 1 saturated heterocycles. The molecule has 0 aliphatic carbocycles. The Morgan fingerprint density at radius 3 is 2.34 bits per heavy atom. The second kappa shape index (κ2) is 10.5. The third kappa shape index (κ3) is 6.92. The molecule has 1 fully saturated rings. The molecular weight excluding hydrogens is 383 g/mol. The van der Waals surface area contributed by atoms with Crippen LogP contribution in [0.2, 0.25) is 0 Å². The number of benzene rings is 1. The highest BCUT2D eigenvalue weighted by Crippen LogP contribution is 2.25. The maximum atomic E-state index is 12.4. The molecule has 1 heterocycles. The molecule has 0 aromatic heterocycles. The first-order chi connectivity index (χ1) is 13.7. The van der Waals surface area contributed by atoms with Gasteiger partial charge in [-0.05, 0) is 12.0 Å². The maximum Gasteiger partial charge on any atom is 0.406 e. The van der Waals surface area contributed by atoms with Crippen LogP contribution in [-0.2, 0) is 4.79 Å². The fourth-order valence-electron chi connectivity index (χ4n) is 3.60. The van der Waals surface area contributed by atoms with Gasteiger partial charge in [0.15, 0.2) is 5.96 Å². The van der Waals surface area contributed by atoms with Crippen molar-refractivity contribution < 1.29 is 18.0 Å². The predicted octanol–water partition coefficient (Wildman–Crippen LogP) is 2.35. The number of aliphatic imine (C=N–C) groups is 1. The van der Waals surface area contributed by atoms with Crippen LogP contribution in [-0.4, -0.2) is 86.1 Å². The number of hydrogen-bond donors (Lipinski definition) is 1. The summed E-state index contributed by atoms with van der Waals surface area (Å²) < 4.78 is 37.3. The van der Waals surface area contributed by atoms with Crippen molar-refractivity contribution in [2.24, 2.45) is 4.99 Å². The van der Waals surface area contributed by atoms with E-state index < -0.39 is 18.6 Å². The number of halogens is 3. The quantitative estimate of drug-likeness (QED) is 0.575. The molecule has 1 N–H and O–H groups in total. The van der Waals surface area contributed by atoms with Crippen LogP contribution in [0, 0.1) is 0 Å². The second-order valence-electron chi connectivity index (χ2n) is 7.12. The van der Waals surface area contributed by atoms with Crippen LogP contribution < -0.4 is 5.32 Å². The Hall–Kier alpha value is -2.29. The van der Waals surface area contributed by atoms with E-state index in [-0.39, 0.29) is 6.54 Å². The van der Waals surface area contributed by atoms with Gasteiger partial charge in [-0.15, -0.1) is 0 Å². The van der Waals surface area contributed by atoms with Gasteiger partial charge in [-0.1, -0.05) is 37.3 Å². The van der Waals surface area contributed by atoms with Crippen LogP contribution in [0.25, 0.3) is 0 Å². The Morgan fingerprint density at radius 2 is 1.83 bits per heavy atom. The molecule has 0 bridgehead atoms. The van der Waals surface area contributed by atoms with Gasteiger partial charge in [0.1, 0.15) is 6.54 Å². The summed E-state index contributed by atoms with van der Waals surface area (Å²) in [6.45, 7) is 3.84. The summed E-state index contributed by atoms with van der Waals surface area (Å²) in [6, 6.07) is 10.7. The number of hydrogen-bond acceptors (Lipinski definition) is 3. The van der Waals surface area contributed by atoms with Crippen LogP contribution in [0.4, 0.5) is 13.2 Å². The first-order valence-corrected chi connectivity index (χ1v) is 9.80. The first kappa shape index (κ1) is 23.0. The summed E-state index contributed by atoms with van der Waals surface area (Å²) >= 11 is 0. The Kier molecular flexibility index (Phi) is 8.31. The third-order valence-electron chi connectivity index (χ3n) is 5.08. The summed E-state index contributed by atoms with van der Waals surface area (Å²) in [7, 11) is 2.75. The largest absolute Gasteiger partial charge is 0.406 e. The Bertz CT molecular complexity index is 672. The highest BCUT2D eigenvalue weighted by Gasteiger charge is 2.31. The van der Waals surface area contributed by atoms with Crippen molar-refractivity contribution >= 4 is 11.9 Å². The standard InChI is InChI=1S/C20H30F3N5O/c1-4-17(16-8-6-5-7-9-16)27-10-12-28(13-11-27)19(24-2)25-14-18(29)26(3)15-20(21,22)23/h5-9,17H,4,10-15H2,1-3H3,(H,24,25). The molecular formula is C20H30F3N5O. The topological polar surface area (TPSA) is 51.2 Å². The molecule has 1 amide bonds. The van der Waals surface area contributed by atoms with Crippen LogP contribution in [0.3, 0.4) is 0 Å². The van der Waals surface area contributed by atoms with E-state index in [1.165, 1.54) is 5.56 Å². The van der Waals surface area contributed by atoms with Crippen molar-refractivity contribution in [2.45, 2.75) is 25.6 Å². The normalized spacial score (nSPS) is 17.2. The van der Waals surface area contributed by atoms with Gasteiger partial charge in [0.2, 0.25) is 5.91 Å². The highest BCUT2D eigenvalue weighted by molar-refractivity contribution is 5.86. The maximum absolute atomic E-state index is 12.4. The van der Waals surface area contributed by atoms with Crippen LogP contribution in [0.15, 0.2) is 35.3 Å². The molecule has 0 spiro atoms. The molecule has 29 heavy (non-hydrogen) atoms. The lowest BCUT2D eigenvalue weighted by Gasteiger charge is -2.40. The third-order valence-corrected chi connectivity index (χ3v) is 5.08. The molecule has 0 saturated carbocycles. The van der Waals surface area contributed by atoms with Gasteiger partial charge >= 0.3 is 6.18 Å². The van der Waals surface area contributed by atoms with E-state index in [1.54, 1.807) is 7.05 Å². The summed E-state index contributed by atoms with van der Waals surface area (Å²) in [5.74, 6) is -0.0941. The molecule has 1 aromatic rings. The zero-order valence-electron chi connectivity index (χ0n) is 17.2. The van der Waals surface area contributed by atoms with Gasteiger partial charge in [0.05, 0.1) is 6.54 Å². The zero-order chi connectivity index (χ0) is 21.4. The first-order valence-electron chi connectivity index (χ1n) is 9.80. The van der Waals surface area contributed by atoms with Crippen LogP contribution in [0.5, 0.6) is 0 Å². The van der Waals surface area contributed by atoms with Crippen molar-refractivity contribution in [3.63, 3.8) is 0 Å². The fraction of sp³-hybridized carbons (Fsp3) is 0.600. The van der Waals surface area contributed by atoms with E-state index >= 15 is 0 Å². The van der Waals surface area contributed by atoms with Gasteiger partial charge < -0.3 is 15.1 Å². The van der Waals surface area contributed by atoms with Gasteiger partial charge in [-0.25, -0.2) is 0 Å². The van der Waals surface area contributed by atoms with E-state index in [0.29, 0.717) is 16.9 Å². The number of piperazine rings is 1. The molecule has 1 aromatic carbocycles. The van der Waals surface area contributed by atoms with E-state index in [4.69, 9.17) is 0 Å². The molecule has 1 unspecified atom stereocenters. The average molecular weight is 413 g/mol. The van der Waals surface area contributed by atoms with Crippen molar-refractivity contribution in [1.29, 1.82) is 0 Å². The predicted molar refractivity (Wildman–Crippen MR) is 108 cm³/mol. The number of rotatable bonds is 6. The van der Waals surface area contributed by atoms with E-state index in [2.05, 4.69) is 34.3 Å². The van der Waals surface area contributed by atoms with Crippen molar-refractivity contribution in [3.05, 3.63) is 35.9 Å². The number of alkyl halides is 3. The number of likely N-dealkylation sites (N-methyl/N-ethyl adjacent to an activating group) is 1. The SMILES string of the molecule is CCC(c1ccccc1)N1CCN(C(=NC)NCC(=O)N(C)CC(F)(F)F)CC1. The molecule has 6 nitrogen and oxygen atoms in total. The van der Waals surface area contributed by atoms with Gasteiger partial charge in [-0.2, -0.15) is 13.2 Å². The van der Waals surface area contributed by atoms with Crippen LogP contribution >= 0.6 is 0 Å². The van der Waals surface area contributed by atoms with E-state index in [9.17, 15) is 18.0 Å².